The van der Waals surface area contributed by atoms with Gasteiger partial charge in [0.15, 0.2) is 0 Å². The molecule has 1 saturated heterocycles. The fraction of sp³-hybridized carbons (Fsp3) is 0.480. The molecular formula is C25H34N4O. The zero-order chi connectivity index (χ0) is 20.6. The van der Waals surface area contributed by atoms with Crippen LogP contribution in [0.15, 0.2) is 54.6 Å². The van der Waals surface area contributed by atoms with Crippen molar-refractivity contribution in [2.75, 3.05) is 26.2 Å². The summed E-state index contributed by atoms with van der Waals surface area (Å²) in [5.74, 6) is 0.942. The molecular weight excluding hydrogens is 372 g/mol. The van der Waals surface area contributed by atoms with Crippen molar-refractivity contribution in [2.24, 2.45) is 0 Å². The van der Waals surface area contributed by atoms with Gasteiger partial charge in [0.2, 0.25) is 5.62 Å². The Morgan fingerprint density at radius 3 is 2.10 bits per heavy atom. The highest BCUT2D eigenvalue weighted by Crippen LogP contribution is 2.15. The third kappa shape index (κ3) is 5.14. The summed E-state index contributed by atoms with van der Waals surface area (Å²) in [5.41, 5.74) is 3.00. The van der Waals surface area contributed by atoms with Gasteiger partial charge >= 0.3 is 0 Å². The van der Waals surface area contributed by atoms with Crippen LogP contribution in [0.1, 0.15) is 38.5 Å². The van der Waals surface area contributed by atoms with Crippen molar-refractivity contribution in [3.8, 4) is 5.75 Å². The Hall–Kier alpha value is -2.53. The average molecular weight is 407 g/mol. The molecule has 5 heteroatoms. The molecule has 1 N–H and O–H groups in total. The van der Waals surface area contributed by atoms with Crippen LogP contribution in [0.2, 0.25) is 0 Å². The molecule has 2 aromatic carbocycles. The monoisotopic (exact) mass is 406 g/mol. The van der Waals surface area contributed by atoms with Crippen LogP contribution in [0.3, 0.4) is 0 Å². The Labute approximate surface area is 179 Å². The molecule has 0 radical (unpaired) electrons. The summed E-state index contributed by atoms with van der Waals surface area (Å²) >= 11 is 0. The van der Waals surface area contributed by atoms with Crippen LogP contribution in [0.5, 0.6) is 5.75 Å². The molecule has 0 bridgehead atoms. The molecule has 0 amide bonds. The minimum absolute atomic E-state index is 0.633. The van der Waals surface area contributed by atoms with Gasteiger partial charge in [-0.25, -0.2) is 0 Å². The molecule has 1 aliphatic rings. The quantitative estimate of drug-likeness (QED) is 0.498. The Morgan fingerprint density at radius 2 is 1.37 bits per heavy atom. The first kappa shape index (κ1) is 20.7. The van der Waals surface area contributed by atoms with Gasteiger partial charge in [-0.15, -0.1) is 0 Å². The number of nitrogens with one attached hydrogen (secondary N) is 1. The number of aromatic nitrogens is 2. The fourth-order valence-corrected chi connectivity index (χ4v) is 4.43. The SMILES string of the molecule is N=c1n(CCCCCOc2ccccc2)c2ccccc2n1CCN1CCCCC1. The minimum atomic E-state index is 0.633. The summed E-state index contributed by atoms with van der Waals surface area (Å²) in [7, 11) is 0. The third-order valence-corrected chi connectivity index (χ3v) is 6.10. The van der Waals surface area contributed by atoms with Crippen LogP contribution < -0.4 is 10.4 Å². The zero-order valence-electron chi connectivity index (χ0n) is 17.9. The highest BCUT2D eigenvalue weighted by atomic mass is 16.5. The number of ether oxygens (including phenoxy) is 1. The number of benzene rings is 2. The number of nitrogens with zero attached hydrogens (tertiary/aromatic N) is 3. The van der Waals surface area contributed by atoms with Gasteiger partial charge in [-0.05, 0) is 69.5 Å². The first-order valence-corrected chi connectivity index (χ1v) is 11.5. The first-order valence-electron chi connectivity index (χ1n) is 11.5. The van der Waals surface area contributed by atoms with Crippen LogP contribution in [0, 0.1) is 5.41 Å². The lowest BCUT2D eigenvalue weighted by Gasteiger charge is -2.26. The number of likely N-dealkylation sites (tertiary alicyclic amines) is 1. The Bertz CT molecular complexity index is 970. The number of para-hydroxylation sites is 3. The second kappa shape index (κ2) is 10.5. The van der Waals surface area contributed by atoms with Gasteiger partial charge in [0.25, 0.3) is 0 Å². The summed E-state index contributed by atoms with van der Waals surface area (Å²) in [4.78, 5) is 2.55. The van der Waals surface area contributed by atoms with Crippen LogP contribution in [-0.2, 0) is 13.1 Å². The van der Waals surface area contributed by atoms with E-state index in [-0.39, 0.29) is 0 Å². The molecule has 1 fully saturated rings. The number of rotatable bonds is 10. The fourth-order valence-electron chi connectivity index (χ4n) is 4.43. The van der Waals surface area contributed by atoms with Crippen LogP contribution in [-0.4, -0.2) is 40.3 Å². The van der Waals surface area contributed by atoms with E-state index in [0.29, 0.717) is 5.62 Å². The van der Waals surface area contributed by atoms with E-state index < -0.39 is 0 Å². The summed E-state index contributed by atoms with van der Waals surface area (Å²) in [6.45, 7) is 6.00. The topological polar surface area (TPSA) is 46.2 Å². The molecule has 4 rings (SSSR count). The lowest BCUT2D eigenvalue weighted by Crippen LogP contribution is -2.35. The van der Waals surface area contributed by atoms with Crippen molar-refractivity contribution in [3.05, 3.63) is 60.2 Å². The maximum atomic E-state index is 8.80. The van der Waals surface area contributed by atoms with E-state index in [1.54, 1.807) is 0 Å². The molecule has 0 spiro atoms. The number of unbranched alkanes of at least 4 members (excludes halogenated alkanes) is 2. The van der Waals surface area contributed by atoms with Crippen molar-refractivity contribution in [2.45, 2.75) is 51.6 Å². The van der Waals surface area contributed by atoms with Gasteiger partial charge in [-0.3, -0.25) is 5.41 Å². The maximum Gasteiger partial charge on any atom is 0.203 e. The third-order valence-electron chi connectivity index (χ3n) is 6.10. The largest absolute Gasteiger partial charge is 0.494 e. The van der Waals surface area contributed by atoms with Crippen molar-refractivity contribution >= 4 is 11.0 Å². The molecule has 30 heavy (non-hydrogen) atoms. The summed E-state index contributed by atoms with van der Waals surface area (Å²) < 4.78 is 10.2. The molecule has 3 aromatic rings. The molecule has 160 valence electrons. The lowest BCUT2D eigenvalue weighted by atomic mass is 10.1. The molecule has 0 saturated carbocycles. The summed E-state index contributed by atoms with van der Waals surface area (Å²) in [6.07, 6.45) is 7.20. The number of fused-ring (bicyclic) bond motifs is 1. The molecule has 0 unspecified atom stereocenters. The Morgan fingerprint density at radius 1 is 0.700 bits per heavy atom. The van der Waals surface area contributed by atoms with Crippen molar-refractivity contribution in [1.29, 1.82) is 5.41 Å². The van der Waals surface area contributed by atoms with E-state index in [1.165, 1.54) is 43.4 Å². The molecule has 1 aromatic heterocycles. The highest BCUT2D eigenvalue weighted by Gasteiger charge is 2.13. The second-order valence-electron chi connectivity index (χ2n) is 8.24. The second-order valence-corrected chi connectivity index (χ2v) is 8.24. The van der Waals surface area contributed by atoms with Gasteiger partial charge in [-0.1, -0.05) is 36.8 Å². The predicted molar refractivity (Wildman–Crippen MR) is 122 cm³/mol. The number of imidazole rings is 1. The summed E-state index contributed by atoms with van der Waals surface area (Å²) in [6, 6.07) is 18.5. The highest BCUT2D eigenvalue weighted by molar-refractivity contribution is 5.75. The van der Waals surface area contributed by atoms with Crippen molar-refractivity contribution in [1.82, 2.24) is 14.0 Å². The van der Waals surface area contributed by atoms with Gasteiger partial charge < -0.3 is 18.8 Å². The van der Waals surface area contributed by atoms with E-state index in [4.69, 9.17) is 10.1 Å². The maximum absolute atomic E-state index is 8.80. The first-order chi connectivity index (χ1) is 14.8. The molecule has 1 aliphatic heterocycles. The van der Waals surface area contributed by atoms with Gasteiger partial charge in [0, 0.05) is 19.6 Å². The van der Waals surface area contributed by atoms with Crippen LogP contribution >= 0.6 is 0 Å². The van der Waals surface area contributed by atoms with E-state index in [0.717, 1.165) is 51.3 Å². The Kier molecular flexibility index (Phi) is 7.25. The lowest BCUT2D eigenvalue weighted by molar-refractivity contribution is 0.220. The van der Waals surface area contributed by atoms with Gasteiger partial charge in [0.05, 0.1) is 17.6 Å². The van der Waals surface area contributed by atoms with Crippen molar-refractivity contribution in [3.63, 3.8) is 0 Å². The minimum Gasteiger partial charge on any atom is -0.494 e. The van der Waals surface area contributed by atoms with E-state index in [9.17, 15) is 0 Å². The molecule has 0 aliphatic carbocycles. The Balaban J connectivity index is 1.33. The van der Waals surface area contributed by atoms with Crippen molar-refractivity contribution < 1.29 is 4.74 Å². The average Bonchev–Trinajstić information content (AvgIpc) is 3.07. The number of hydrogen-bond acceptors (Lipinski definition) is 3. The van der Waals surface area contributed by atoms with Crippen LogP contribution in [0.4, 0.5) is 0 Å². The number of aryl methyl sites for hydroxylation is 1. The molecule has 5 nitrogen and oxygen atoms in total. The van der Waals surface area contributed by atoms with E-state index >= 15 is 0 Å². The normalized spacial score (nSPS) is 14.9. The predicted octanol–water partition coefficient (Wildman–Crippen LogP) is 4.66. The van der Waals surface area contributed by atoms with Gasteiger partial charge in [0.1, 0.15) is 5.75 Å². The number of hydrogen-bond donors (Lipinski definition) is 1. The molecule has 0 atom stereocenters. The smallest absolute Gasteiger partial charge is 0.203 e. The van der Waals surface area contributed by atoms with E-state index in [2.05, 4.69) is 38.3 Å². The van der Waals surface area contributed by atoms with Crippen LogP contribution in [0.25, 0.3) is 11.0 Å². The number of piperidine rings is 1. The zero-order valence-corrected chi connectivity index (χ0v) is 17.9. The van der Waals surface area contributed by atoms with E-state index in [1.807, 2.05) is 30.3 Å². The van der Waals surface area contributed by atoms with Gasteiger partial charge in [-0.2, -0.15) is 0 Å². The standard InChI is InChI=1S/C25H34N4O/c26-25-28(18-10-3-11-21-30-22-12-4-1-5-13-22)23-14-6-7-15-24(23)29(25)20-19-27-16-8-2-9-17-27/h1,4-7,12-15,26H,2-3,8-11,16-21H2. The summed E-state index contributed by atoms with van der Waals surface area (Å²) in [5, 5.41) is 8.80. The molecule has 2 heterocycles.